The highest BCUT2D eigenvalue weighted by Gasteiger charge is 1.91. The van der Waals surface area contributed by atoms with E-state index in [1.807, 2.05) is 21.6 Å². The minimum absolute atomic E-state index is 1.26. The predicted molar refractivity (Wildman–Crippen MR) is 82.2 cm³/mol. The van der Waals surface area contributed by atoms with Crippen LogP contribution in [0.25, 0.3) is 0 Å². The number of hydrogen-bond acceptors (Lipinski definition) is 2. The smallest absolute Gasteiger partial charge is 0.00370 e. The van der Waals surface area contributed by atoms with Crippen molar-refractivity contribution < 1.29 is 0 Å². The first kappa shape index (κ1) is 16.2. The first-order chi connectivity index (χ1) is 7.91. The molecule has 0 saturated carbocycles. The maximum absolute atomic E-state index is 2.26. The average Bonchev–Trinajstić information content (AvgIpc) is 2.31. The quantitative estimate of drug-likeness (QED) is 0.258. The molecule has 0 atom stereocenters. The molecule has 0 rings (SSSR count). The van der Waals surface area contributed by atoms with Crippen molar-refractivity contribution in [2.45, 2.75) is 52.4 Å². The van der Waals surface area contributed by atoms with Gasteiger partial charge in [0.15, 0.2) is 0 Å². The summed E-state index contributed by atoms with van der Waals surface area (Å²) in [6.07, 6.45) is 16.7. The molecule has 0 spiro atoms. The third-order valence-electron chi connectivity index (χ3n) is 2.25. The third-order valence-corrected chi connectivity index (χ3v) is 4.83. The molecule has 94 valence electrons. The molecule has 0 aromatic heterocycles. The van der Waals surface area contributed by atoms with Gasteiger partial charge in [0.2, 0.25) is 0 Å². The van der Waals surface area contributed by atoms with E-state index in [4.69, 9.17) is 0 Å². The van der Waals surface area contributed by atoms with Crippen LogP contribution in [0.5, 0.6) is 0 Å². The van der Waals surface area contributed by atoms with Crippen LogP contribution < -0.4 is 0 Å². The van der Waals surface area contributed by atoms with Crippen LogP contribution >= 0.6 is 21.6 Å². The van der Waals surface area contributed by atoms with Gasteiger partial charge < -0.3 is 0 Å². The number of allylic oxidation sites excluding steroid dienone is 4. The van der Waals surface area contributed by atoms with Crippen molar-refractivity contribution in [3.8, 4) is 0 Å². The molecule has 0 aliphatic heterocycles. The second-order valence-corrected chi connectivity index (χ2v) is 6.48. The van der Waals surface area contributed by atoms with Crippen LogP contribution in [0.15, 0.2) is 24.3 Å². The molecule has 0 radical (unpaired) electrons. The second-order valence-electron chi connectivity index (χ2n) is 3.77. The van der Waals surface area contributed by atoms with Gasteiger partial charge in [0.05, 0.1) is 0 Å². The zero-order chi connectivity index (χ0) is 11.9. The van der Waals surface area contributed by atoms with E-state index in [2.05, 4.69) is 38.2 Å². The summed E-state index contributed by atoms with van der Waals surface area (Å²) in [5.41, 5.74) is 0. The van der Waals surface area contributed by atoms with Gasteiger partial charge in [0.25, 0.3) is 0 Å². The molecule has 0 bridgehead atoms. The highest BCUT2D eigenvalue weighted by atomic mass is 33.1. The lowest BCUT2D eigenvalue weighted by molar-refractivity contribution is 0.821. The molecule has 2 heteroatoms. The Morgan fingerprint density at radius 3 is 1.50 bits per heavy atom. The molecule has 0 aromatic carbocycles. The number of unbranched alkanes of at least 4 members (excludes halogenated alkanes) is 4. The number of hydrogen-bond donors (Lipinski definition) is 0. The van der Waals surface area contributed by atoms with Crippen LogP contribution in [0.1, 0.15) is 52.4 Å². The minimum Gasteiger partial charge on any atom is -0.0942 e. The van der Waals surface area contributed by atoms with Gasteiger partial charge in [-0.2, -0.15) is 0 Å². The fourth-order valence-corrected chi connectivity index (χ4v) is 3.59. The lowest BCUT2D eigenvalue weighted by Gasteiger charge is -2.00. The Morgan fingerprint density at radius 2 is 1.12 bits per heavy atom. The summed E-state index contributed by atoms with van der Waals surface area (Å²) in [4.78, 5) is 0. The van der Waals surface area contributed by atoms with Crippen LogP contribution in [0.2, 0.25) is 0 Å². The van der Waals surface area contributed by atoms with Crippen molar-refractivity contribution in [2.75, 3.05) is 11.5 Å². The molecular weight excluding hydrogens is 232 g/mol. The maximum atomic E-state index is 2.26. The summed E-state index contributed by atoms with van der Waals surface area (Å²) in [5, 5.41) is 0. The Kier molecular flexibility index (Phi) is 15.4. The molecule has 0 fully saturated rings. The zero-order valence-corrected chi connectivity index (χ0v) is 12.4. The van der Waals surface area contributed by atoms with Gasteiger partial charge in [0.1, 0.15) is 0 Å². The second kappa shape index (κ2) is 15.2. The third kappa shape index (κ3) is 14.2. The molecule has 0 heterocycles. The van der Waals surface area contributed by atoms with Gasteiger partial charge in [0, 0.05) is 11.5 Å². The molecule has 0 nitrogen and oxygen atoms in total. The van der Waals surface area contributed by atoms with Crippen molar-refractivity contribution >= 4 is 21.6 Å². The Bertz CT molecular complexity index is 154. The van der Waals surface area contributed by atoms with Gasteiger partial charge in [-0.3, -0.25) is 0 Å². The van der Waals surface area contributed by atoms with E-state index >= 15 is 0 Å². The van der Waals surface area contributed by atoms with E-state index in [9.17, 15) is 0 Å². The Balaban J connectivity index is 2.93. The van der Waals surface area contributed by atoms with Crippen LogP contribution in [0.3, 0.4) is 0 Å². The van der Waals surface area contributed by atoms with Crippen molar-refractivity contribution in [1.29, 1.82) is 0 Å². The van der Waals surface area contributed by atoms with E-state index in [0.717, 1.165) is 0 Å². The summed E-state index contributed by atoms with van der Waals surface area (Å²) in [6.45, 7) is 4.19. The van der Waals surface area contributed by atoms with Crippen LogP contribution in [-0.4, -0.2) is 11.5 Å². The summed E-state index contributed by atoms with van der Waals surface area (Å²) >= 11 is 0. The molecule has 0 amide bonds. The van der Waals surface area contributed by atoms with Gasteiger partial charge in [-0.25, -0.2) is 0 Å². The first-order valence-corrected chi connectivity index (χ1v) is 8.87. The largest absolute Gasteiger partial charge is 0.0942 e. The monoisotopic (exact) mass is 258 g/mol. The van der Waals surface area contributed by atoms with E-state index in [1.165, 1.54) is 50.0 Å². The van der Waals surface area contributed by atoms with Gasteiger partial charge in [-0.1, -0.05) is 45.9 Å². The molecular formula is C14H26S2. The van der Waals surface area contributed by atoms with Crippen molar-refractivity contribution in [1.82, 2.24) is 0 Å². The van der Waals surface area contributed by atoms with Gasteiger partial charge in [-0.15, -0.1) is 0 Å². The fraction of sp³-hybridized carbons (Fsp3) is 0.714. The van der Waals surface area contributed by atoms with Gasteiger partial charge in [-0.05, 0) is 52.4 Å². The summed E-state index contributed by atoms with van der Waals surface area (Å²) in [7, 11) is 4.10. The Hall–Kier alpha value is 0.180. The molecule has 0 N–H and O–H groups in total. The lowest BCUT2D eigenvalue weighted by Crippen LogP contribution is -1.80. The summed E-state index contributed by atoms with van der Waals surface area (Å²) in [6, 6.07) is 0. The highest BCUT2D eigenvalue weighted by Crippen LogP contribution is 2.24. The van der Waals surface area contributed by atoms with Gasteiger partial charge >= 0.3 is 0 Å². The normalized spacial score (nSPS) is 11.9. The molecule has 16 heavy (non-hydrogen) atoms. The molecule has 0 unspecified atom stereocenters. The van der Waals surface area contributed by atoms with E-state index in [1.54, 1.807) is 0 Å². The first-order valence-electron chi connectivity index (χ1n) is 6.38. The Labute approximate surface area is 110 Å². The summed E-state index contributed by atoms with van der Waals surface area (Å²) < 4.78 is 0. The van der Waals surface area contributed by atoms with Crippen molar-refractivity contribution in [3.05, 3.63) is 24.3 Å². The molecule has 0 aromatic rings. The molecule has 0 saturated heterocycles. The highest BCUT2D eigenvalue weighted by molar-refractivity contribution is 8.76. The van der Waals surface area contributed by atoms with Crippen molar-refractivity contribution in [3.63, 3.8) is 0 Å². The van der Waals surface area contributed by atoms with E-state index in [0.29, 0.717) is 0 Å². The fourth-order valence-electron chi connectivity index (χ4n) is 1.30. The maximum Gasteiger partial charge on any atom is 0.00370 e. The van der Waals surface area contributed by atoms with Crippen LogP contribution in [0.4, 0.5) is 0 Å². The minimum atomic E-state index is 1.26. The number of rotatable bonds is 11. The molecule has 0 aliphatic rings. The Morgan fingerprint density at radius 1 is 0.688 bits per heavy atom. The average molecular weight is 258 g/mol. The standard InChI is InChI=1S/C14H26S2/c1-3-5-7-9-11-13-15-16-14-12-10-8-6-4-2/h3-6H,7-14H2,1-2H3/b5-3+,6-4+. The van der Waals surface area contributed by atoms with Crippen molar-refractivity contribution in [2.24, 2.45) is 0 Å². The summed E-state index contributed by atoms with van der Waals surface area (Å²) in [5.74, 6) is 2.63. The molecule has 0 aliphatic carbocycles. The van der Waals surface area contributed by atoms with Crippen LogP contribution in [0, 0.1) is 0 Å². The lowest BCUT2D eigenvalue weighted by atomic mass is 10.2. The predicted octanol–water partition coefficient (Wildman–Crippen LogP) is 5.86. The van der Waals surface area contributed by atoms with E-state index < -0.39 is 0 Å². The zero-order valence-electron chi connectivity index (χ0n) is 10.8. The van der Waals surface area contributed by atoms with Crippen LogP contribution in [-0.2, 0) is 0 Å². The van der Waals surface area contributed by atoms with E-state index in [-0.39, 0.29) is 0 Å². The topological polar surface area (TPSA) is 0 Å². The SMILES string of the molecule is C/C=C/CCCCSSCCCC/C=C/C.